The maximum absolute atomic E-state index is 11.5. The van der Waals surface area contributed by atoms with Crippen LogP contribution in [0.1, 0.15) is 36.3 Å². The van der Waals surface area contributed by atoms with Crippen LogP contribution < -0.4 is 11.3 Å². The summed E-state index contributed by atoms with van der Waals surface area (Å²) in [7, 11) is -2.92. The van der Waals surface area contributed by atoms with Crippen molar-refractivity contribution in [2.45, 2.75) is 32.6 Å². The third-order valence-corrected chi connectivity index (χ3v) is 5.09. The molecule has 0 saturated carbocycles. The number of nitrogen functional groups attached to an aromatic ring is 1. The number of hydrogen-bond acceptors (Lipinski definition) is 6. The summed E-state index contributed by atoms with van der Waals surface area (Å²) in [6, 6.07) is 0. The largest absolute Gasteiger partial charge is 0.308 e. The molecule has 3 N–H and O–H groups in total. The van der Waals surface area contributed by atoms with E-state index < -0.39 is 9.84 Å². The van der Waals surface area contributed by atoms with Crippen molar-refractivity contribution < 1.29 is 8.42 Å². The van der Waals surface area contributed by atoms with Crippen LogP contribution in [0.2, 0.25) is 0 Å². The number of sulfone groups is 1. The van der Waals surface area contributed by atoms with E-state index in [1.54, 1.807) is 0 Å². The van der Waals surface area contributed by atoms with E-state index in [0.717, 1.165) is 17.7 Å². The predicted molar refractivity (Wildman–Crippen MR) is 70.0 cm³/mol. The molecule has 18 heavy (non-hydrogen) atoms. The van der Waals surface area contributed by atoms with Gasteiger partial charge in [-0.15, -0.1) is 0 Å². The summed E-state index contributed by atoms with van der Waals surface area (Å²) < 4.78 is 23.0. The molecule has 1 aromatic heterocycles. The predicted octanol–water partition coefficient (Wildman–Crippen LogP) is 0.535. The number of nitrogens with one attached hydrogen (secondary N) is 1. The van der Waals surface area contributed by atoms with Crippen molar-refractivity contribution in [2.75, 3.05) is 16.9 Å². The van der Waals surface area contributed by atoms with Crippen molar-refractivity contribution in [1.82, 2.24) is 9.97 Å². The van der Waals surface area contributed by atoms with Crippen LogP contribution in [-0.2, 0) is 16.3 Å². The third kappa shape index (κ3) is 2.46. The quantitative estimate of drug-likeness (QED) is 0.614. The Hall–Kier alpha value is -1.21. The summed E-state index contributed by atoms with van der Waals surface area (Å²) in [6.07, 6.45) is 1.38. The van der Waals surface area contributed by atoms with Crippen LogP contribution in [0.25, 0.3) is 0 Å². The Morgan fingerprint density at radius 1 is 1.44 bits per heavy atom. The molecule has 1 fully saturated rings. The first-order chi connectivity index (χ1) is 8.46. The fraction of sp³-hybridized carbons (Fsp3) is 0.636. The maximum atomic E-state index is 11.5. The van der Waals surface area contributed by atoms with Crippen LogP contribution in [0, 0.1) is 6.92 Å². The number of aromatic nitrogens is 2. The topological polar surface area (TPSA) is 98.0 Å². The van der Waals surface area contributed by atoms with Crippen molar-refractivity contribution in [3.63, 3.8) is 0 Å². The van der Waals surface area contributed by atoms with Gasteiger partial charge < -0.3 is 5.43 Å². The molecule has 0 bridgehead atoms. The zero-order chi connectivity index (χ0) is 13.3. The Morgan fingerprint density at radius 3 is 2.67 bits per heavy atom. The first-order valence-electron chi connectivity index (χ1n) is 6.01. The first kappa shape index (κ1) is 13.2. The minimum atomic E-state index is -2.92. The molecule has 1 aliphatic rings. The number of nitrogens with two attached hydrogens (primary N) is 1. The lowest BCUT2D eigenvalue weighted by Gasteiger charge is -2.13. The fourth-order valence-corrected chi connectivity index (χ4v) is 4.08. The Balaban J connectivity index is 2.38. The van der Waals surface area contributed by atoms with Crippen molar-refractivity contribution in [3.05, 3.63) is 17.1 Å². The molecule has 0 aliphatic carbocycles. The zero-order valence-electron chi connectivity index (χ0n) is 10.6. The molecule has 1 atom stereocenters. The second-order valence-corrected chi connectivity index (χ2v) is 6.82. The van der Waals surface area contributed by atoms with E-state index >= 15 is 0 Å². The number of anilines is 1. The fourth-order valence-electron chi connectivity index (χ4n) is 2.34. The van der Waals surface area contributed by atoms with E-state index in [1.165, 1.54) is 0 Å². The lowest BCUT2D eigenvalue weighted by atomic mass is 10.1. The Morgan fingerprint density at radius 2 is 2.17 bits per heavy atom. The molecule has 1 aromatic rings. The molecule has 100 valence electrons. The summed E-state index contributed by atoms with van der Waals surface area (Å²) in [5.74, 6) is 6.90. The van der Waals surface area contributed by atoms with Gasteiger partial charge in [-0.05, 0) is 19.8 Å². The molecule has 0 radical (unpaired) electrons. The van der Waals surface area contributed by atoms with Crippen molar-refractivity contribution in [1.29, 1.82) is 0 Å². The Labute approximate surface area is 107 Å². The second-order valence-electron chi connectivity index (χ2n) is 4.59. The monoisotopic (exact) mass is 270 g/mol. The Kier molecular flexibility index (Phi) is 3.54. The molecular formula is C11H18N4O2S. The number of hydrazine groups is 1. The van der Waals surface area contributed by atoms with Crippen molar-refractivity contribution in [3.8, 4) is 0 Å². The van der Waals surface area contributed by atoms with Gasteiger partial charge in [-0.2, -0.15) is 0 Å². The van der Waals surface area contributed by atoms with E-state index in [-0.39, 0.29) is 17.4 Å². The van der Waals surface area contributed by atoms with Gasteiger partial charge in [-0.1, -0.05) is 6.92 Å². The highest BCUT2D eigenvalue weighted by atomic mass is 32.2. The summed E-state index contributed by atoms with van der Waals surface area (Å²) in [4.78, 5) is 8.79. The van der Waals surface area contributed by atoms with Crippen LogP contribution in [0.15, 0.2) is 0 Å². The van der Waals surface area contributed by atoms with E-state index in [4.69, 9.17) is 5.84 Å². The Bertz CT molecular complexity index is 556. The lowest BCUT2D eigenvalue weighted by molar-refractivity contribution is 0.601. The molecule has 0 amide bonds. The summed E-state index contributed by atoms with van der Waals surface area (Å²) in [6.45, 7) is 3.90. The average molecular weight is 270 g/mol. The minimum absolute atomic E-state index is 0.105. The molecule has 2 rings (SSSR count). The van der Waals surface area contributed by atoms with Crippen molar-refractivity contribution in [2.24, 2.45) is 5.84 Å². The van der Waals surface area contributed by atoms with Gasteiger partial charge in [0.2, 0.25) is 0 Å². The summed E-state index contributed by atoms with van der Waals surface area (Å²) >= 11 is 0. The zero-order valence-corrected chi connectivity index (χ0v) is 11.4. The highest BCUT2D eigenvalue weighted by Gasteiger charge is 2.31. The van der Waals surface area contributed by atoms with Gasteiger partial charge in [0.05, 0.1) is 11.5 Å². The van der Waals surface area contributed by atoms with E-state index in [1.807, 2.05) is 13.8 Å². The smallest absolute Gasteiger partial charge is 0.151 e. The van der Waals surface area contributed by atoms with Gasteiger partial charge in [0.15, 0.2) is 9.84 Å². The number of hydrogen-bond donors (Lipinski definition) is 2. The van der Waals surface area contributed by atoms with E-state index in [0.29, 0.717) is 18.1 Å². The van der Waals surface area contributed by atoms with Crippen molar-refractivity contribution >= 4 is 15.7 Å². The molecule has 1 unspecified atom stereocenters. The highest BCUT2D eigenvalue weighted by Crippen LogP contribution is 2.28. The molecule has 1 aliphatic heterocycles. The van der Waals surface area contributed by atoms with E-state index in [9.17, 15) is 8.42 Å². The van der Waals surface area contributed by atoms with Gasteiger partial charge in [-0.3, -0.25) is 0 Å². The summed E-state index contributed by atoms with van der Waals surface area (Å²) in [5.41, 5.74) is 4.41. The number of nitrogens with zero attached hydrogens (tertiary/aromatic N) is 2. The van der Waals surface area contributed by atoms with Crippen LogP contribution in [-0.4, -0.2) is 29.9 Å². The third-order valence-electron chi connectivity index (χ3n) is 3.32. The van der Waals surface area contributed by atoms with Gasteiger partial charge in [-0.25, -0.2) is 24.2 Å². The lowest BCUT2D eigenvalue weighted by Crippen LogP contribution is -2.16. The maximum Gasteiger partial charge on any atom is 0.151 e. The van der Waals surface area contributed by atoms with Gasteiger partial charge in [0.25, 0.3) is 0 Å². The number of aryl methyl sites for hydroxylation is 1. The summed E-state index contributed by atoms with van der Waals surface area (Å²) in [5, 5.41) is 0. The van der Waals surface area contributed by atoms with Gasteiger partial charge >= 0.3 is 0 Å². The molecule has 0 spiro atoms. The molecule has 6 nitrogen and oxygen atoms in total. The van der Waals surface area contributed by atoms with Crippen LogP contribution in [0.4, 0.5) is 5.82 Å². The molecule has 2 heterocycles. The molecule has 0 aromatic carbocycles. The van der Waals surface area contributed by atoms with E-state index in [2.05, 4.69) is 15.4 Å². The highest BCUT2D eigenvalue weighted by molar-refractivity contribution is 7.91. The number of rotatable bonds is 3. The SMILES string of the molecule is CCc1c(C)nc(C2CCS(=O)(=O)C2)nc1NN. The standard InChI is InChI=1S/C11H18N4O2S/c1-3-9-7(2)13-10(14-11(9)15-12)8-4-5-18(16,17)6-8/h8H,3-6,12H2,1-2H3,(H,13,14,15). The van der Waals surface area contributed by atoms with Crippen LogP contribution >= 0.6 is 0 Å². The second kappa shape index (κ2) is 4.81. The molecule has 7 heteroatoms. The molecule has 1 saturated heterocycles. The normalized spacial score (nSPS) is 22.1. The molecular weight excluding hydrogens is 252 g/mol. The minimum Gasteiger partial charge on any atom is -0.308 e. The van der Waals surface area contributed by atoms with Gasteiger partial charge in [0, 0.05) is 17.2 Å². The first-order valence-corrected chi connectivity index (χ1v) is 7.83. The van der Waals surface area contributed by atoms with Crippen LogP contribution in [0.5, 0.6) is 0 Å². The van der Waals surface area contributed by atoms with Gasteiger partial charge in [0.1, 0.15) is 11.6 Å². The average Bonchev–Trinajstić information content (AvgIpc) is 2.68. The van der Waals surface area contributed by atoms with Crippen LogP contribution in [0.3, 0.4) is 0 Å².